The molecule has 10 aromatic rings. The van der Waals surface area contributed by atoms with E-state index in [0.717, 1.165) is 71.3 Å². The third-order valence-corrected chi connectivity index (χ3v) is 9.51. The number of fused-ring (bicyclic) bond motifs is 7. The molecule has 0 atom stereocenters. The van der Waals surface area contributed by atoms with Gasteiger partial charge in [0.15, 0.2) is 17.5 Å². The molecule has 0 spiro atoms. The molecule has 0 amide bonds. The molecule has 0 saturated carbocycles. The lowest BCUT2D eigenvalue weighted by Gasteiger charge is -2.13. The van der Waals surface area contributed by atoms with Gasteiger partial charge in [-0.15, -0.1) is 0 Å². The molecular weight excluding hydrogens is 599 g/mol. The molecule has 0 N–H and O–H groups in total. The Bertz CT molecular complexity index is 2900. The molecule has 2 aromatic heterocycles. The van der Waals surface area contributed by atoms with E-state index in [1.807, 2.05) is 18.2 Å². The number of benzene rings is 8. The summed E-state index contributed by atoms with van der Waals surface area (Å²) in [6, 6.07) is 56.9. The summed E-state index contributed by atoms with van der Waals surface area (Å²) in [5.74, 6) is 1.90. The summed E-state index contributed by atoms with van der Waals surface area (Å²) in [5.41, 5.74) is 6.79. The van der Waals surface area contributed by atoms with Gasteiger partial charge in [-0.2, -0.15) is 0 Å². The van der Waals surface area contributed by atoms with Crippen molar-refractivity contribution in [2.24, 2.45) is 0 Å². The highest BCUT2D eigenvalue weighted by Gasteiger charge is 2.18. The Balaban J connectivity index is 1.23. The molecule has 0 bridgehead atoms. The van der Waals surface area contributed by atoms with E-state index in [1.54, 1.807) is 0 Å². The minimum absolute atomic E-state index is 0.622. The summed E-state index contributed by atoms with van der Waals surface area (Å²) in [5, 5.41) is 9.08. The molecule has 0 radical (unpaired) electrons. The molecule has 8 aromatic carbocycles. The van der Waals surface area contributed by atoms with E-state index in [0.29, 0.717) is 17.5 Å². The van der Waals surface area contributed by atoms with Crippen LogP contribution in [0.1, 0.15) is 0 Å². The van der Waals surface area contributed by atoms with Crippen LogP contribution in [0.3, 0.4) is 0 Å². The molecule has 10 rings (SSSR count). The second-order valence-electron chi connectivity index (χ2n) is 12.4. The van der Waals surface area contributed by atoms with Gasteiger partial charge >= 0.3 is 0 Å². The summed E-state index contributed by atoms with van der Waals surface area (Å²) in [6.07, 6.45) is 0. The summed E-state index contributed by atoms with van der Waals surface area (Å²) >= 11 is 0. The zero-order valence-electron chi connectivity index (χ0n) is 26.3. The minimum Gasteiger partial charge on any atom is -0.456 e. The van der Waals surface area contributed by atoms with Gasteiger partial charge in [-0.3, -0.25) is 0 Å². The topological polar surface area (TPSA) is 51.8 Å². The fraction of sp³-hybridized carbons (Fsp3) is 0. The van der Waals surface area contributed by atoms with E-state index in [9.17, 15) is 0 Å². The Kier molecular flexibility index (Phi) is 6.15. The van der Waals surface area contributed by atoms with Crippen LogP contribution in [0.2, 0.25) is 0 Å². The van der Waals surface area contributed by atoms with E-state index < -0.39 is 0 Å². The van der Waals surface area contributed by atoms with Gasteiger partial charge in [0.05, 0.1) is 0 Å². The van der Waals surface area contributed by atoms with Crippen LogP contribution in [0, 0.1) is 0 Å². The van der Waals surface area contributed by atoms with Crippen LogP contribution >= 0.6 is 0 Å². The number of furan rings is 1. The standard InChI is InChI=1S/C45H27N3O/c1-3-17-32-28(12-1)14-10-23-37(32)44-46-43(47-45(48-44)39-27-30-13-2-4-18-33(30)35-19-5-6-20-36(35)39)31-16-9-15-29(26-31)34-22-11-25-41-42(34)38-21-7-8-24-40(38)49-41/h1-27H. The fourth-order valence-electron chi connectivity index (χ4n) is 7.25. The molecular formula is C45H27N3O. The van der Waals surface area contributed by atoms with Crippen molar-refractivity contribution in [1.29, 1.82) is 0 Å². The number of para-hydroxylation sites is 1. The number of hydrogen-bond donors (Lipinski definition) is 0. The van der Waals surface area contributed by atoms with Gasteiger partial charge in [0.2, 0.25) is 0 Å². The Morgan fingerprint density at radius 3 is 1.78 bits per heavy atom. The summed E-state index contributed by atoms with van der Waals surface area (Å²) in [7, 11) is 0. The smallest absolute Gasteiger partial charge is 0.164 e. The fourth-order valence-corrected chi connectivity index (χ4v) is 7.25. The molecule has 0 saturated heterocycles. The molecule has 0 aliphatic rings. The monoisotopic (exact) mass is 625 g/mol. The predicted octanol–water partition coefficient (Wildman–Crippen LogP) is 11.9. The summed E-state index contributed by atoms with van der Waals surface area (Å²) < 4.78 is 6.23. The highest BCUT2D eigenvalue weighted by molar-refractivity contribution is 6.14. The van der Waals surface area contributed by atoms with Crippen molar-refractivity contribution >= 4 is 54.3 Å². The molecule has 0 unspecified atom stereocenters. The molecule has 0 aliphatic heterocycles. The minimum atomic E-state index is 0.622. The lowest BCUT2D eigenvalue weighted by atomic mass is 9.96. The predicted molar refractivity (Wildman–Crippen MR) is 201 cm³/mol. The van der Waals surface area contributed by atoms with Gasteiger partial charge < -0.3 is 4.42 Å². The van der Waals surface area contributed by atoms with Gasteiger partial charge in [-0.25, -0.2) is 15.0 Å². The average molecular weight is 626 g/mol. The summed E-state index contributed by atoms with van der Waals surface area (Å²) in [4.78, 5) is 15.6. The molecule has 2 heterocycles. The van der Waals surface area contributed by atoms with Crippen molar-refractivity contribution in [2.75, 3.05) is 0 Å². The molecule has 228 valence electrons. The Hall–Kier alpha value is -6.65. The van der Waals surface area contributed by atoms with E-state index in [1.165, 1.54) is 10.8 Å². The molecule has 4 nitrogen and oxygen atoms in total. The van der Waals surface area contributed by atoms with Crippen LogP contribution in [0.25, 0.3) is 99.5 Å². The molecule has 49 heavy (non-hydrogen) atoms. The first kappa shape index (κ1) is 27.5. The van der Waals surface area contributed by atoms with Gasteiger partial charge in [0, 0.05) is 27.5 Å². The van der Waals surface area contributed by atoms with E-state index in [-0.39, 0.29) is 0 Å². The van der Waals surface area contributed by atoms with Crippen LogP contribution in [0.15, 0.2) is 168 Å². The average Bonchev–Trinajstić information content (AvgIpc) is 3.56. The second-order valence-corrected chi connectivity index (χ2v) is 12.4. The highest BCUT2D eigenvalue weighted by atomic mass is 16.3. The Morgan fingerprint density at radius 1 is 0.327 bits per heavy atom. The second kappa shape index (κ2) is 11.0. The van der Waals surface area contributed by atoms with Crippen molar-refractivity contribution in [3.05, 3.63) is 164 Å². The SMILES string of the molecule is c1cc(-c2nc(-c3cccc4ccccc34)nc(-c3cc4ccccc4c4ccccc34)n2)cc(-c2cccc3oc4ccccc4c23)c1. The zero-order chi connectivity index (χ0) is 32.3. The van der Waals surface area contributed by atoms with Crippen molar-refractivity contribution < 1.29 is 4.42 Å². The van der Waals surface area contributed by atoms with Gasteiger partial charge in [-0.05, 0) is 67.7 Å². The third kappa shape index (κ3) is 4.49. The summed E-state index contributed by atoms with van der Waals surface area (Å²) in [6.45, 7) is 0. The quantitative estimate of drug-likeness (QED) is 0.183. The largest absolute Gasteiger partial charge is 0.456 e. The number of rotatable bonds is 4. The lowest BCUT2D eigenvalue weighted by Crippen LogP contribution is -2.01. The van der Waals surface area contributed by atoms with Crippen LogP contribution in [-0.2, 0) is 0 Å². The number of hydrogen-bond acceptors (Lipinski definition) is 4. The van der Waals surface area contributed by atoms with Gasteiger partial charge in [0.25, 0.3) is 0 Å². The van der Waals surface area contributed by atoms with Gasteiger partial charge in [0.1, 0.15) is 11.2 Å². The first-order valence-electron chi connectivity index (χ1n) is 16.4. The van der Waals surface area contributed by atoms with Crippen LogP contribution in [-0.4, -0.2) is 15.0 Å². The van der Waals surface area contributed by atoms with Crippen molar-refractivity contribution in [1.82, 2.24) is 15.0 Å². The van der Waals surface area contributed by atoms with Crippen molar-refractivity contribution in [3.63, 3.8) is 0 Å². The first-order valence-corrected chi connectivity index (χ1v) is 16.4. The maximum absolute atomic E-state index is 6.23. The maximum atomic E-state index is 6.23. The molecule has 0 fully saturated rings. The Morgan fingerprint density at radius 2 is 0.898 bits per heavy atom. The van der Waals surface area contributed by atoms with Crippen molar-refractivity contribution in [2.45, 2.75) is 0 Å². The normalized spacial score (nSPS) is 11.7. The molecule has 4 heteroatoms. The number of nitrogens with zero attached hydrogens (tertiary/aromatic N) is 3. The van der Waals surface area contributed by atoms with Gasteiger partial charge in [-0.1, -0.05) is 140 Å². The van der Waals surface area contributed by atoms with Crippen molar-refractivity contribution in [3.8, 4) is 45.3 Å². The zero-order valence-corrected chi connectivity index (χ0v) is 26.3. The maximum Gasteiger partial charge on any atom is 0.164 e. The van der Waals surface area contributed by atoms with Crippen LogP contribution in [0.4, 0.5) is 0 Å². The highest BCUT2D eigenvalue weighted by Crippen LogP contribution is 2.39. The lowest BCUT2D eigenvalue weighted by molar-refractivity contribution is 0.669. The third-order valence-electron chi connectivity index (χ3n) is 9.51. The number of aromatic nitrogens is 3. The van der Waals surface area contributed by atoms with Crippen LogP contribution < -0.4 is 0 Å². The van der Waals surface area contributed by atoms with E-state index >= 15 is 0 Å². The van der Waals surface area contributed by atoms with E-state index in [2.05, 4.69) is 146 Å². The van der Waals surface area contributed by atoms with Crippen LogP contribution in [0.5, 0.6) is 0 Å². The Labute approximate surface area is 282 Å². The first-order chi connectivity index (χ1) is 24.3. The van der Waals surface area contributed by atoms with E-state index in [4.69, 9.17) is 19.4 Å². The molecule has 0 aliphatic carbocycles.